The number of alkyl halides is 1. The molecule has 2 aromatic rings. The van der Waals surface area contributed by atoms with Gasteiger partial charge in [-0.15, -0.1) is 11.6 Å². The van der Waals surface area contributed by atoms with E-state index in [4.69, 9.17) is 11.6 Å². The van der Waals surface area contributed by atoms with Crippen LogP contribution >= 0.6 is 27.5 Å². The molecule has 0 spiro atoms. The zero-order valence-corrected chi connectivity index (χ0v) is 10.9. The summed E-state index contributed by atoms with van der Waals surface area (Å²) in [4.78, 5) is 1.00. The van der Waals surface area contributed by atoms with Crippen LogP contribution in [0.2, 0.25) is 0 Å². The molecule has 0 bridgehead atoms. The van der Waals surface area contributed by atoms with Crippen molar-refractivity contribution in [3.05, 3.63) is 76.6 Å². The third-order valence-corrected chi connectivity index (χ3v) is 4.01. The SMILES string of the molecule is ClC([C](Br)c1ccccc1)c1ccccc1. The van der Waals surface area contributed by atoms with Crippen molar-refractivity contribution in [2.75, 3.05) is 0 Å². The summed E-state index contributed by atoms with van der Waals surface area (Å²) in [5, 5.41) is -0.136. The second kappa shape index (κ2) is 5.51. The van der Waals surface area contributed by atoms with Crippen molar-refractivity contribution < 1.29 is 0 Å². The average molecular weight is 295 g/mol. The van der Waals surface area contributed by atoms with E-state index in [1.165, 1.54) is 0 Å². The summed E-state index contributed by atoms with van der Waals surface area (Å²) in [6.07, 6.45) is 0. The van der Waals surface area contributed by atoms with Crippen LogP contribution < -0.4 is 0 Å². The van der Waals surface area contributed by atoms with E-state index in [0.717, 1.165) is 16.0 Å². The van der Waals surface area contributed by atoms with Crippen molar-refractivity contribution in [2.24, 2.45) is 0 Å². The van der Waals surface area contributed by atoms with Crippen LogP contribution in [0.5, 0.6) is 0 Å². The van der Waals surface area contributed by atoms with Crippen molar-refractivity contribution in [3.63, 3.8) is 0 Å². The van der Waals surface area contributed by atoms with E-state index in [1.54, 1.807) is 0 Å². The molecule has 0 saturated carbocycles. The molecule has 1 unspecified atom stereocenters. The minimum Gasteiger partial charge on any atom is -0.116 e. The molecule has 2 rings (SSSR count). The van der Waals surface area contributed by atoms with Gasteiger partial charge >= 0.3 is 0 Å². The van der Waals surface area contributed by atoms with Gasteiger partial charge in [-0.25, -0.2) is 0 Å². The second-order valence-corrected chi connectivity index (χ2v) is 4.78. The lowest BCUT2D eigenvalue weighted by molar-refractivity contribution is 1.09. The molecule has 0 saturated heterocycles. The Hall–Kier alpha value is -0.790. The van der Waals surface area contributed by atoms with Gasteiger partial charge < -0.3 is 0 Å². The van der Waals surface area contributed by atoms with Gasteiger partial charge in [-0.2, -0.15) is 0 Å². The minimum absolute atomic E-state index is 0.136. The molecule has 0 aliphatic carbocycles. The van der Waals surface area contributed by atoms with Gasteiger partial charge in [0.1, 0.15) is 0 Å². The summed E-state index contributed by atoms with van der Waals surface area (Å²) in [6, 6.07) is 20.1. The number of benzene rings is 2. The topological polar surface area (TPSA) is 0 Å². The lowest BCUT2D eigenvalue weighted by Gasteiger charge is -2.16. The summed E-state index contributed by atoms with van der Waals surface area (Å²) >= 11 is 9.98. The molecular weight excluding hydrogens is 284 g/mol. The second-order valence-electron chi connectivity index (χ2n) is 3.49. The Morgan fingerprint density at radius 1 is 0.875 bits per heavy atom. The lowest BCUT2D eigenvalue weighted by atomic mass is 10.0. The Kier molecular flexibility index (Phi) is 4.03. The predicted octanol–water partition coefficient (Wildman–Crippen LogP) is 4.94. The van der Waals surface area contributed by atoms with Gasteiger partial charge in [-0.1, -0.05) is 76.6 Å². The minimum atomic E-state index is -0.136. The number of hydrogen-bond acceptors (Lipinski definition) is 0. The molecule has 1 atom stereocenters. The van der Waals surface area contributed by atoms with Crippen molar-refractivity contribution in [3.8, 4) is 0 Å². The van der Waals surface area contributed by atoms with E-state index in [1.807, 2.05) is 60.7 Å². The third-order valence-electron chi connectivity index (χ3n) is 2.36. The highest BCUT2D eigenvalue weighted by Gasteiger charge is 2.20. The van der Waals surface area contributed by atoms with E-state index < -0.39 is 0 Å². The summed E-state index contributed by atoms with van der Waals surface area (Å²) in [5.74, 6) is 0. The standard InChI is InChI=1S/C14H11BrCl/c15-13(11-7-3-1-4-8-11)14(16)12-9-5-2-6-10-12/h1-10,14H. The Bertz CT molecular complexity index is 384. The van der Waals surface area contributed by atoms with Crippen LogP contribution in [0.3, 0.4) is 0 Å². The quantitative estimate of drug-likeness (QED) is 0.703. The summed E-state index contributed by atoms with van der Waals surface area (Å²) < 4.78 is 0. The molecule has 0 fully saturated rings. The molecule has 16 heavy (non-hydrogen) atoms. The van der Waals surface area contributed by atoms with Crippen LogP contribution in [-0.4, -0.2) is 0 Å². The lowest BCUT2D eigenvalue weighted by Crippen LogP contribution is -2.00. The van der Waals surface area contributed by atoms with Gasteiger partial charge in [0.05, 0.1) is 10.2 Å². The molecule has 0 aromatic heterocycles. The predicted molar refractivity (Wildman–Crippen MR) is 72.8 cm³/mol. The largest absolute Gasteiger partial charge is 0.116 e. The van der Waals surface area contributed by atoms with Gasteiger partial charge in [0, 0.05) is 0 Å². The average Bonchev–Trinajstić information content (AvgIpc) is 2.39. The Morgan fingerprint density at radius 3 is 1.94 bits per heavy atom. The van der Waals surface area contributed by atoms with E-state index in [2.05, 4.69) is 15.9 Å². The molecule has 0 aliphatic heterocycles. The molecule has 0 nitrogen and oxygen atoms in total. The third kappa shape index (κ3) is 2.66. The maximum absolute atomic E-state index is 6.41. The van der Waals surface area contributed by atoms with Crippen molar-refractivity contribution >= 4 is 27.5 Å². The zero-order chi connectivity index (χ0) is 11.4. The van der Waals surface area contributed by atoms with Crippen molar-refractivity contribution in [1.29, 1.82) is 0 Å². The number of rotatable bonds is 3. The monoisotopic (exact) mass is 293 g/mol. The van der Waals surface area contributed by atoms with Gasteiger partial charge in [-0.05, 0) is 11.1 Å². The molecule has 2 aromatic carbocycles. The Balaban J connectivity index is 2.20. The van der Waals surface area contributed by atoms with E-state index in [0.29, 0.717) is 0 Å². The first-order valence-electron chi connectivity index (χ1n) is 5.06. The van der Waals surface area contributed by atoms with Crippen LogP contribution in [0, 0.1) is 4.83 Å². The van der Waals surface area contributed by atoms with Gasteiger partial charge in [0.2, 0.25) is 0 Å². The van der Waals surface area contributed by atoms with Crippen LogP contribution in [0.15, 0.2) is 60.7 Å². The maximum atomic E-state index is 6.41. The fourth-order valence-electron chi connectivity index (χ4n) is 1.51. The Labute approximate surface area is 109 Å². The molecule has 0 N–H and O–H groups in total. The van der Waals surface area contributed by atoms with Crippen LogP contribution in [0.25, 0.3) is 0 Å². The zero-order valence-electron chi connectivity index (χ0n) is 8.61. The fourth-order valence-corrected chi connectivity index (χ4v) is 2.31. The van der Waals surface area contributed by atoms with E-state index in [-0.39, 0.29) is 5.38 Å². The number of hydrogen-bond donors (Lipinski definition) is 0. The first kappa shape index (κ1) is 11.7. The van der Waals surface area contributed by atoms with E-state index in [9.17, 15) is 0 Å². The highest BCUT2D eigenvalue weighted by atomic mass is 79.9. The van der Waals surface area contributed by atoms with Gasteiger partial charge in [0.15, 0.2) is 0 Å². The molecule has 0 amide bonds. The molecule has 0 aliphatic rings. The molecular formula is C14H11BrCl. The Morgan fingerprint density at radius 2 is 1.38 bits per heavy atom. The van der Waals surface area contributed by atoms with Crippen LogP contribution in [-0.2, 0) is 0 Å². The van der Waals surface area contributed by atoms with Crippen molar-refractivity contribution in [2.45, 2.75) is 5.38 Å². The van der Waals surface area contributed by atoms with Gasteiger partial charge in [0.25, 0.3) is 0 Å². The highest BCUT2D eigenvalue weighted by Crippen LogP contribution is 2.39. The first-order chi connectivity index (χ1) is 7.79. The fraction of sp³-hybridized carbons (Fsp3) is 0.0714. The van der Waals surface area contributed by atoms with Crippen LogP contribution in [0.1, 0.15) is 16.5 Å². The summed E-state index contributed by atoms with van der Waals surface area (Å²) in [5.41, 5.74) is 2.21. The molecule has 2 heteroatoms. The number of halogens is 2. The molecule has 1 radical (unpaired) electrons. The maximum Gasteiger partial charge on any atom is 0.0921 e. The summed E-state index contributed by atoms with van der Waals surface area (Å²) in [6.45, 7) is 0. The molecule has 81 valence electrons. The van der Waals surface area contributed by atoms with Crippen molar-refractivity contribution in [1.82, 2.24) is 0 Å². The normalized spacial score (nSPS) is 12.7. The van der Waals surface area contributed by atoms with Crippen LogP contribution in [0.4, 0.5) is 0 Å². The smallest absolute Gasteiger partial charge is 0.0921 e. The molecule has 0 heterocycles. The first-order valence-corrected chi connectivity index (χ1v) is 6.29. The highest BCUT2D eigenvalue weighted by molar-refractivity contribution is 9.11. The van der Waals surface area contributed by atoms with Gasteiger partial charge in [-0.3, -0.25) is 0 Å². The summed E-state index contributed by atoms with van der Waals surface area (Å²) in [7, 11) is 0. The van der Waals surface area contributed by atoms with E-state index >= 15 is 0 Å².